The summed E-state index contributed by atoms with van der Waals surface area (Å²) in [4.78, 5) is 2.13. The normalized spacial score (nSPS) is 12.7. The first-order valence-electron chi connectivity index (χ1n) is 7.81. The van der Waals surface area contributed by atoms with Crippen molar-refractivity contribution in [2.75, 3.05) is 32.2 Å². The van der Waals surface area contributed by atoms with Crippen molar-refractivity contribution in [3.8, 4) is 0 Å². The number of rotatable bonds is 9. The zero-order chi connectivity index (χ0) is 15.8. The lowest BCUT2D eigenvalue weighted by molar-refractivity contribution is 0.202. The maximum Gasteiger partial charge on any atom is 0.146 e. The molecule has 1 aromatic carbocycles. The summed E-state index contributed by atoms with van der Waals surface area (Å²) in [6.07, 6.45) is 1.99. The second-order valence-electron chi connectivity index (χ2n) is 5.38. The van der Waals surface area contributed by atoms with Gasteiger partial charge in [0.25, 0.3) is 0 Å². The first-order chi connectivity index (χ1) is 10.1. The number of benzene rings is 1. The van der Waals surface area contributed by atoms with Gasteiger partial charge in [-0.3, -0.25) is 0 Å². The van der Waals surface area contributed by atoms with Crippen LogP contribution in [-0.4, -0.2) is 33.4 Å². The van der Waals surface area contributed by atoms with E-state index >= 15 is 0 Å². The quantitative estimate of drug-likeness (QED) is 0.751. The highest BCUT2D eigenvalue weighted by atomic mass is 19.1. The van der Waals surface area contributed by atoms with Gasteiger partial charge in [-0.25, -0.2) is 4.39 Å². The Bertz CT molecular complexity index is 421. The van der Waals surface area contributed by atoms with Crippen molar-refractivity contribution >= 4 is 5.69 Å². The van der Waals surface area contributed by atoms with E-state index in [2.05, 4.69) is 24.1 Å². The standard InChI is InChI=1S/C17H29FN2O/c1-6-15(7-2)20(10-11-21-5)17-9-8-14(12-16(17)18)13(3)19-4/h8-9,12-13,15,19H,6-7,10-11H2,1-5H3. The number of anilines is 1. The van der Waals surface area contributed by atoms with Crippen LogP contribution >= 0.6 is 0 Å². The largest absolute Gasteiger partial charge is 0.383 e. The molecule has 1 unspecified atom stereocenters. The Morgan fingerprint density at radius 2 is 1.95 bits per heavy atom. The highest BCUT2D eigenvalue weighted by Crippen LogP contribution is 2.26. The molecular formula is C17H29FN2O. The summed E-state index contributed by atoms with van der Waals surface area (Å²) in [7, 11) is 3.56. The van der Waals surface area contributed by atoms with Crippen LogP contribution in [-0.2, 0) is 4.74 Å². The molecule has 1 rings (SSSR count). The van der Waals surface area contributed by atoms with E-state index in [4.69, 9.17) is 4.74 Å². The molecule has 0 aliphatic heterocycles. The number of nitrogens with zero attached hydrogens (tertiary/aromatic N) is 1. The van der Waals surface area contributed by atoms with Crippen molar-refractivity contribution in [3.05, 3.63) is 29.6 Å². The van der Waals surface area contributed by atoms with Crippen LogP contribution < -0.4 is 10.2 Å². The van der Waals surface area contributed by atoms with E-state index in [0.717, 1.165) is 18.4 Å². The van der Waals surface area contributed by atoms with Crippen molar-refractivity contribution in [2.24, 2.45) is 0 Å². The number of hydrogen-bond donors (Lipinski definition) is 1. The second kappa shape index (κ2) is 9.00. The number of halogens is 1. The third-order valence-corrected chi connectivity index (χ3v) is 4.13. The maximum absolute atomic E-state index is 14.5. The van der Waals surface area contributed by atoms with Crippen molar-refractivity contribution in [2.45, 2.75) is 45.7 Å². The van der Waals surface area contributed by atoms with Crippen LogP contribution in [0.5, 0.6) is 0 Å². The van der Waals surface area contributed by atoms with Crippen LogP contribution in [0.15, 0.2) is 18.2 Å². The Kier molecular flexibility index (Phi) is 7.68. The highest BCUT2D eigenvalue weighted by molar-refractivity contribution is 5.50. The topological polar surface area (TPSA) is 24.5 Å². The lowest BCUT2D eigenvalue weighted by atomic mass is 10.1. The number of nitrogens with one attached hydrogen (secondary N) is 1. The molecule has 0 amide bonds. The molecule has 4 heteroatoms. The molecule has 0 aromatic heterocycles. The molecule has 0 saturated carbocycles. The van der Waals surface area contributed by atoms with Gasteiger partial charge < -0.3 is 15.0 Å². The molecule has 21 heavy (non-hydrogen) atoms. The molecule has 0 bridgehead atoms. The Hall–Kier alpha value is -1.13. The molecular weight excluding hydrogens is 267 g/mol. The van der Waals surface area contributed by atoms with Crippen molar-refractivity contribution in [1.29, 1.82) is 0 Å². The van der Waals surface area contributed by atoms with Gasteiger partial charge in [0, 0.05) is 25.7 Å². The summed E-state index contributed by atoms with van der Waals surface area (Å²) in [5.74, 6) is -0.155. The molecule has 3 nitrogen and oxygen atoms in total. The van der Waals surface area contributed by atoms with E-state index < -0.39 is 0 Å². The van der Waals surface area contributed by atoms with Crippen LogP contribution in [0.1, 0.15) is 45.2 Å². The minimum Gasteiger partial charge on any atom is -0.383 e. The third-order valence-electron chi connectivity index (χ3n) is 4.13. The monoisotopic (exact) mass is 296 g/mol. The van der Waals surface area contributed by atoms with Crippen LogP contribution in [0.4, 0.5) is 10.1 Å². The lowest BCUT2D eigenvalue weighted by Crippen LogP contribution is -2.37. The third kappa shape index (κ3) is 4.68. The molecule has 1 aromatic rings. The molecule has 0 radical (unpaired) electrons. The van der Waals surface area contributed by atoms with Crippen LogP contribution in [0.3, 0.4) is 0 Å². The fourth-order valence-electron chi connectivity index (χ4n) is 2.61. The molecule has 1 atom stereocenters. The number of hydrogen-bond acceptors (Lipinski definition) is 3. The Labute approximate surface area is 128 Å². The smallest absolute Gasteiger partial charge is 0.146 e. The second-order valence-corrected chi connectivity index (χ2v) is 5.38. The molecule has 0 aliphatic carbocycles. The van der Waals surface area contributed by atoms with E-state index in [1.807, 2.05) is 26.1 Å². The molecule has 0 fully saturated rings. The first-order valence-corrected chi connectivity index (χ1v) is 7.81. The van der Waals surface area contributed by atoms with Gasteiger partial charge in [-0.05, 0) is 44.5 Å². The summed E-state index contributed by atoms with van der Waals surface area (Å²) in [6, 6.07) is 6.02. The van der Waals surface area contributed by atoms with Gasteiger partial charge in [0.15, 0.2) is 0 Å². The van der Waals surface area contributed by atoms with Crippen molar-refractivity contribution < 1.29 is 9.13 Å². The zero-order valence-corrected chi connectivity index (χ0v) is 13.9. The first kappa shape index (κ1) is 17.9. The van der Waals surface area contributed by atoms with Gasteiger partial charge >= 0.3 is 0 Å². The van der Waals surface area contributed by atoms with E-state index in [-0.39, 0.29) is 11.9 Å². The Morgan fingerprint density at radius 1 is 1.29 bits per heavy atom. The molecule has 0 heterocycles. The van der Waals surface area contributed by atoms with Gasteiger partial charge in [-0.15, -0.1) is 0 Å². The summed E-state index contributed by atoms with van der Waals surface area (Å²) < 4.78 is 19.7. The molecule has 0 saturated heterocycles. The van der Waals surface area contributed by atoms with Crippen LogP contribution in [0, 0.1) is 5.82 Å². The van der Waals surface area contributed by atoms with Gasteiger partial charge in [0.05, 0.1) is 12.3 Å². The Morgan fingerprint density at radius 3 is 2.43 bits per heavy atom. The predicted octanol–water partition coefficient (Wildman–Crippen LogP) is 3.75. The van der Waals surface area contributed by atoms with Gasteiger partial charge in [0.1, 0.15) is 5.82 Å². The fourth-order valence-corrected chi connectivity index (χ4v) is 2.61. The van der Waals surface area contributed by atoms with E-state index in [1.54, 1.807) is 13.2 Å². The summed E-state index contributed by atoms with van der Waals surface area (Å²) in [5, 5.41) is 3.14. The molecule has 0 spiro atoms. The lowest BCUT2D eigenvalue weighted by Gasteiger charge is -2.33. The minimum absolute atomic E-state index is 0.147. The van der Waals surface area contributed by atoms with Gasteiger partial charge in [0.2, 0.25) is 0 Å². The maximum atomic E-state index is 14.5. The van der Waals surface area contributed by atoms with Crippen LogP contribution in [0.2, 0.25) is 0 Å². The van der Waals surface area contributed by atoms with Crippen LogP contribution in [0.25, 0.3) is 0 Å². The average molecular weight is 296 g/mol. The van der Waals surface area contributed by atoms with Crippen molar-refractivity contribution in [1.82, 2.24) is 5.32 Å². The van der Waals surface area contributed by atoms with Gasteiger partial charge in [-0.1, -0.05) is 19.9 Å². The number of methoxy groups -OCH3 is 1. The zero-order valence-electron chi connectivity index (χ0n) is 13.9. The average Bonchev–Trinajstić information content (AvgIpc) is 2.51. The minimum atomic E-state index is -0.155. The highest BCUT2D eigenvalue weighted by Gasteiger charge is 2.19. The number of ether oxygens (including phenoxy) is 1. The summed E-state index contributed by atoms with van der Waals surface area (Å²) in [5.41, 5.74) is 1.64. The molecule has 1 N–H and O–H groups in total. The van der Waals surface area contributed by atoms with Crippen molar-refractivity contribution in [3.63, 3.8) is 0 Å². The van der Waals surface area contributed by atoms with E-state index in [1.165, 1.54) is 0 Å². The fraction of sp³-hybridized carbons (Fsp3) is 0.647. The molecule has 120 valence electrons. The van der Waals surface area contributed by atoms with E-state index in [0.29, 0.717) is 24.9 Å². The van der Waals surface area contributed by atoms with E-state index in [9.17, 15) is 4.39 Å². The Balaban J connectivity index is 3.06. The van der Waals surface area contributed by atoms with Gasteiger partial charge in [-0.2, -0.15) is 0 Å². The SMILES string of the molecule is CCC(CC)N(CCOC)c1ccc(C(C)NC)cc1F. The summed E-state index contributed by atoms with van der Waals surface area (Å²) in [6.45, 7) is 7.62. The molecule has 0 aliphatic rings. The predicted molar refractivity (Wildman–Crippen MR) is 87.5 cm³/mol. The summed E-state index contributed by atoms with van der Waals surface area (Å²) >= 11 is 0.